The summed E-state index contributed by atoms with van der Waals surface area (Å²) in [5.41, 5.74) is 1.04. The van der Waals surface area contributed by atoms with E-state index in [9.17, 15) is 0 Å². The van der Waals surface area contributed by atoms with E-state index in [1.165, 1.54) is 17.5 Å². The van der Waals surface area contributed by atoms with E-state index in [-0.39, 0.29) is 0 Å². The maximum atomic E-state index is 4.34. The van der Waals surface area contributed by atoms with Gasteiger partial charge in [-0.25, -0.2) is 9.97 Å². The number of rotatable bonds is 3. The molecule has 5 heteroatoms. The minimum Gasteiger partial charge on any atom is -0.369 e. The number of nitrogens with zero attached hydrogens (tertiary/aromatic N) is 2. The summed E-state index contributed by atoms with van der Waals surface area (Å²) in [6.45, 7) is 3.31. The molecule has 2 aromatic rings. The van der Waals surface area contributed by atoms with Crippen molar-refractivity contribution < 1.29 is 0 Å². The molecule has 0 atom stereocenters. The van der Waals surface area contributed by atoms with Crippen molar-refractivity contribution >= 4 is 27.4 Å². The van der Waals surface area contributed by atoms with Crippen LogP contribution >= 0.6 is 11.3 Å². The molecule has 1 fully saturated rings. The van der Waals surface area contributed by atoms with Gasteiger partial charge in [-0.05, 0) is 43.3 Å². The predicted octanol–water partition coefficient (Wildman–Crippen LogP) is 2.10. The molecule has 4 nitrogen and oxygen atoms in total. The topological polar surface area (TPSA) is 49.8 Å². The summed E-state index contributed by atoms with van der Waals surface area (Å²) in [7, 11) is 0. The van der Waals surface area contributed by atoms with Gasteiger partial charge in [-0.1, -0.05) is 0 Å². The van der Waals surface area contributed by atoms with Crippen LogP contribution < -0.4 is 10.6 Å². The van der Waals surface area contributed by atoms with Crippen LogP contribution in [0.25, 0.3) is 10.2 Å². The van der Waals surface area contributed by atoms with Crippen molar-refractivity contribution in [3.8, 4) is 0 Å². The van der Waals surface area contributed by atoms with Crippen LogP contribution in [0.3, 0.4) is 0 Å². The Balaban J connectivity index is 1.69. The molecule has 3 heterocycles. The van der Waals surface area contributed by atoms with Gasteiger partial charge in [-0.2, -0.15) is 0 Å². The third-order valence-electron chi connectivity index (χ3n) is 3.26. The van der Waals surface area contributed by atoms with Crippen molar-refractivity contribution in [1.82, 2.24) is 15.3 Å². The average Bonchev–Trinajstić information content (AvgIpc) is 2.86. The fraction of sp³-hybridized carbons (Fsp3) is 0.500. The number of thiophene rings is 1. The Labute approximate surface area is 104 Å². The van der Waals surface area contributed by atoms with Gasteiger partial charge in [0, 0.05) is 6.54 Å². The molecule has 1 aliphatic heterocycles. The molecule has 0 spiro atoms. The first-order valence-corrected chi connectivity index (χ1v) is 6.94. The van der Waals surface area contributed by atoms with E-state index >= 15 is 0 Å². The fourth-order valence-electron chi connectivity index (χ4n) is 2.24. The third kappa shape index (κ3) is 2.40. The van der Waals surface area contributed by atoms with E-state index in [1.54, 1.807) is 17.7 Å². The Morgan fingerprint density at radius 1 is 1.35 bits per heavy atom. The summed E-state index contributed by atoms with van der Waals surface area (Å²) < 4.78 is 1.17. The van der Waals surface area contributed by atoms with Crippen LogP contribution in [0, 0.1) is 5.92 Å². The summed E-state index contributed by atoms with van der Waals surface area (Å²) in [4.78, 5) is 8.58. The fourth-order valence-corrected chi connectivity index (χ4v) is 3.05. The summed E-state index contributed by atoms with van der Waals surface area (Å²) >= 11 is 1.70. The van der Waals surface area contributed by atoms with Crippen LogP contribution in [0.5, 0.6) is 0 Å². The van der Waals surface area contributed by atoms with Crippen LogP contribution in [0.2, 0.25) is 0 Å². The molecule has 0 aromatic carbocycles. The molecule has 0 bridgehead atoms. The number of fused-ring (bicyclic) bond motifs is 1. The maximum absolute atomic E-state index is 4.34. The van der Waals surface area contributed by atoms with Crippen molar-refractivity contribution in [3.05, 3.63) is 17.8 Å². The molecule has 0 unspecified atom stereocenters. The zero-order chi connectivity index (χ0) is 11.5. The lowest BCUT2D eigenvalue weighted by molar-refractivity contribution is 0.389. The second-order valence-corrected chi connectivity index (χ2v) is 5.35. The van der Waals surface area contributed by atoms with Gasteiger partial charge in [0.1, 0.15) is 12.1 Å². The highest BCUT2D eigenvalue weighted by Gasteiger charge is 2.13. The molecule has 2 N–H and O–H groups in total. The SMILES string of the molecule is c1nc(NCC2CCNCC2)c2sccc2n1. The number of piperidine rings is 1. The Hall–Kier alpha value is -1.20. The third-order valence-corrected chi connectivity index (χ3v) is 4.17. The van der Waals surface area contributed by atoms with Crippen molar-refractivity contribution in [2.75, 3.05) is 25.0 Å². The van der Waals surface area contributed by atoms with E-state index < -0.39 is 0 Å². The first-order valence-electron chi connectivity index (χ1n) is 6.06. The zero-order valence-electron chi connectivity index (χ0n) is 9.65. The van der Waals surface area contributed by atoms with Crippen LogP contribution in [0.1, 0.15) is 12.8 Å². The first kappa shape index (κ1) is 10.9. The number of aromatic nitrogens is 2. The largest absolute Gasteiger partial charge is 0.369 e. The quantitative estimate of drug-likeness (QED) is 0.873. The van der Waals surface area contributed by atoms with E-state index in [1.807, 2.05) is 6.07 Å². The predicted molar refractivity (Wildman–Crippen MR) is 71.5 cm³/mol. The van der Waals surface area contributed by atoms with Gasteiger partial charge in [0.15, 0.2) is 0 Å². The maximum Gasteiger partial charge on any atom is 0.147 e. The summed E-state index contributed by atoms with van der Waals surface area (Å²) in [5, 5.41) is 8.93. The number of hydrogen-bond donors (Lipinski definition) is 2. The van der Waals surface area contributed by atoms with Crippen LogP contribution in [-0.4, -0.2) is 29.6 Å². The van der Waals surface area contributed by atoms with Gasteiger partial charge >= 0.3 is 0 Å². The molecule has 90 valence electrons. The van der Waals surface area contributed by atoms with Crippen molar-refractivity contribution in [3.63, 3.8) is 0 Å². The standard InChI is InChI=1S/C12H16N4S/c1-4-13-5-2-9(1)7-14-12-11-10(3-6-17-11)15-8-16-12/h3,6,8-9,13H,1-2,4-5,7H2,(H,14,15,16). The number of anilines is 1. The Kier molecular flexibility index (Phi) is 3.20. The lowest BCUT2D eigenvalue weighted by atomic mass is 9.98. The molecule has 3 rings (SSSR count). The molecule has 0 amide bonds. The molecule has 1 saturated heterocycles. The van der Waals surface area contributed by atoms with Gasteiger partial charge in [0.2, 0.25) is 0 Å². The van der Waals surface area contributed by atoms with E-state index in [0.717, 1.165) is 36.9 Å². The van der Waals surface area contributed by atoms with Crippen molar-refractivity contribution in [2.45, 2.75) is 12.8 Å². The van der Waals surface area contributed by atoms with Gasteiger partial charge in [0.25, 0.3) is 0 Å². The molecule has 17 heavy (non-hydrogen) atoms. The Bertz CT molecular complexity index is 490. The minimum atomic E-state index is 0.765. The van der Waals surface area contributed by atoms with Crippen molar-refractivity contribution in [2.24, 2.45) is 5.92 Å². The highest BCUT2D eigenvalue weighted by molar-refractivity contribution is 7.17. The van der Waals surface area contributed by atoms with Gasteiger partial charge in [-0.3, -0.25) is 0 Å². The van der Waals surface area contributed by atoms with Crippen molar-refractivity contribution in [1.29, 1.82) is 0 Å². The normalized spacial score (nSPS) is 17.4. The van der Waals surface area contributed by atoms with Gasteiger partial charge < -0.3 is 10.6 Å². The van der Waals surface area contributed by atoms with Gasteiger partial charge in [0.05, 0.1) is 10.2 Å². The van der Waals surface area contributed by atoms with E-state index in [2.05, 4.69) is 26.0 Å². The lowest BCUT2D eigenvalue weighted by Gasteiger charge is -2.22. The monoisotopic (exact) mass is 248 g/mol. The molecular weight excluding hydrogens is 232 g/mol. The first-order chi connectivity index (χ1) is 8.43. The summed E-state index contributed by atoms with van der Waals surface area (Å²) in [6, 6.07) is 2.04. The highest BCUT2D eigenvalue weighted by Crippen LogP contribution is 2.25. The van der Waals surface area contributed by atoms with E-state index in [4.69, 9.17) is 0 Å². The zero-order valence-corrected chi connectivity index (χ0v) is 10.5. The highest BCUT2D eigenvalue weighted by atomic mass is 32.1. The smallest absolute Gasteiger partial charge is 0.147 e. The van der Waals surface area contributed by atoms with Crippen LogP contribution in [0.15, 0.2) is 17.8 Å². The van der Waals surface area contributed by atoms with E-state index in [0.29, 0.717) is 0 Å². The number of hydrogen-bond acceptors (Lipinski definition) is 5. The summed E-state index contributed by atoms with van der Waals surface area (Å²) in [5.74, 6) is 1.75. The summed E-state index contributed by atoms with van der Waals surface area (Å²) in [6.07, 6.45) is 4.15. The Morgan fingerprint density at radius 3 is 3.12 bits per heavy atom. The molecular formula is C12H16N4S. The minimum absolute atomic E-state index is 0.765. The lowest BCUT2D eigenvalue weighted by Crippen LogP contribution is -2.31. The second kappa shape index (κ2) is 4.98. The molecule has 0 saturated carbocycles. The molecule has 0 radical (unpaired) electrons. The van der Waals surface area contributed by atoms with Crippen LogP contribution in [-0.2, 0) is 0 Å². The Morgan fingerprint density at radius 2 is 2.24 bits per heavy atom. The molecule has 0 aliphatic carbocycles. The second-order valence-electron chi connectivity index (χ2n) is 4.43. The van der Waals surface area contributed by atoms with Gasteiger partial charge in [-0.15, -0.1) is 11.3 Å². The molecule has 1 aliphatic rings. The number of nitrogens with one attached hydrogen (secondary N) is 2. The molecule has 2 aromatic heterocycles. The average molecular weight is 248 g/mol. The van der Waals surface area contributed by atoms with Crippen LogP contribution in [0.4, 0.5) is 5.82 Å².